The zero-order chi connectivity index (χ0) is 14.5. The Labute approximate surface area is 128 Å². The normalized spacial score (nSPS) is 24.9. The molecule has 2 rings (SSSR count). The van der Waals surface area contributed by atoms with Gasteiger partial charge in [0.1, 0.15) is 0 Å². The molecule has 0 aromatic heterocycles. The molecule has 1 saturated carbocycles. The van der Waals surface area contributed by atoms with E-state index in [0.717, 1.165) is 29.9 Å². The van der Waals surface area contributed by atoms with Crippen LogP contribution in [0.2, 0.25) is 5.02 Å². The molecular formula is C17H27ClN2. The van der Waals surface area contributed by atoms with Crippen LogP contribution in [0.1, 0.15) is 38.2 Å². The number of hydrogen-bond donors (Lipinski definition) is 1. The van der Waals surface area contributed by atoms with E-state index in [0.29, 0.717) is 6.04 Å². The van der Waals surface area contributed by atoms with Crippen molar-refractivity contribution < 1.29 is 0 Å². The van der Waals surface area contributed by atoms with Gasteiger partial charge in [0.25, 0.3) is 0 Å². The lowest BCUT2D eigenvalue weighted by Gasteiger charge is -2.38. The Bertz CT molecular complexity index is 404. The molecule has 0 saturated heterocycles. The van der Waals surface area contributed by atoms with Crippen LogP contribution in [-0.4, -0.2) is 24.5 Å². The Morgan fingerprint density at radius 3 is 2.60 bits per heavy atom. The van der Waals surface area contributed by atoms with Crippen LogP contribution in [0.4, 0.5) is 0 Å². The summed E-state index contributed by atoms with van der Waals surface area (Å²) < 4.78 is 0. The first kappa shape index (κ1) is 15.8. The molecule has 0 radical (unpaired) electrons. The van der Waals surface area contributed by atoms with Gasteiger partial charge in [-0.25, -0.2) is 0 Å². The topological polar surface area (TPSA) is 29.3 Å². The molecule has 2 nitrogen and oxygen atoms in total. The second kappa shape index (κ2) is 7.44. The van der Waals surface area contributed by atoms with Crippen molar-refractivity contribution in [3.63, 3.8) is 0 Å². The van der Waals surface area contributed by atoms with Gasteiger partial charge in [-0.3, -0.25) is 4.90 Å². The highest BCUT2D eigenvalue weighted by Crippen LogP contribution is 2.32. The largest absolute Gasteiger partial charge is 0.329 e. The van der Waals surface area contributed by atoms with Crippen molar-refractivity contribution in [2.75, 3.05) is 13.6 Å². The lowest BCUT2D eigenvalue weighted by molar-refractivity contribution is 0.125. The van der Waals surface area contributed by atoms with Crippen LogP contribution in [0, 0.1) is 11.8 Å². The number of nitrogens with zero attached hydrogens (tertiary/aromatic N) is 1. The van der Waals surface area contributed by atoms with E-state index < -0.39 is 0 Å². The molecule has 0 aliphatic heterocycles. The Morgan fingerprint density at radius 2 is 2.00 bits per heavy atom. The van der Waals surface area contributed by atoms with Gasteiger partial charge in [0.05, 0.1) is 0 Å². The fraction of sp³-hybridized carbons (Fsp3) is 0.647. The lowest BCUT2D eigenvalue weighted by atomic mass is 9.78. The monoisotopic (exact) mass is 294 g/mol. The van der Waals surface area contributed by atoms with Crippen molar-refractivity contribution in [2.45, 2.75) is 45.2 Å². The maximum Gasteiger partial charge on any atom is 0.0406 e. The summed E-state index contributed by atoms with van der Waals surface area (Å²) in [6, 6.07) is 8.63. The number of benzene rings is 1. The van der Waals surface area contributed by atoms with Gasteiger partial charge in [0.2, 0.25) is 0 Å². The van der Waals surface area contributed by atoms with Gasteiger partial charge in [0.15, 0.2) is 0 Å². The van der Waals surface area contributed by atoms with Gasteiger partial charge >= 0.3 is 0 Å². The second-order valence-corrected chi connectivity index (χ2v) is 6.81. The lowest BCUT2D eigenvalue weighted by Crippen LogP contribution is -2.44. The van der Waals surface area contributed by atoms with E-state index >= 15 is 0 Å². The van der Waals surface area contributed by atoms with Crippen LogP contribution >= 0.6 is 11.6 Å². The third-order valence-electron chi connectivity index (χ3n) is 4.67. The minimum Gasteiger partial charge on any atom is -0.329 e. The molecule has 2 N–H and O–H groups in total. The highest BCUT2D eigenvalue weighted by atomic mass is 35.5. The summed E-state index contributed by atoms with van der Waals surface area (Å²) in [5.41, 5.74) is 7.37. The number of halogens is 1. The van der Waals surface area contributed by atoms with E-state index in [-0.39, 0.29) is 0 Å². The van der Waals surface area contributed by atoms with E-state index in [2.05, 4.69) is 31.0 Å². The van der Waals surface area contributed by atoms with Gasteiger partial charge < -0.3 is 5.73 Å². The molecule has 1 aromatic carbocycles. The number of likely N-dealkylation sites (N-methyl/N-ethyl adjacent to an activating group) is 1. The number of rotatable bonds is 5. The van der Waals surface area contributed by atoms with Crippen LogP contribution < -0.4 is 5.73 Å². The maximum atomic E-state index is 6.06. The predicted octanol–water partition coefficient (Wildman–Crippen LogP) is 3.93. The summed E-state index contributed by atoms with van der Waals surface area (Å²) in [6.07, 6.45) is 5.40. The summed E-state index contributed by atoms with van der Waals surface area (Å²) >= 11 is 5.94. The Morgan fingerprint density at radius 1 is 1.30 bits per heavy atom. The van der Waals surface area contributed by atoms with Crippen molar-refractivity contribution in [3.05, 3.63) is 34.9 Å². The predicted molar refractivity (Wildman–Crippen MR) is 86.9 cm³/mol. The number of nitrogens with two attached hydrogens (primary N) is 1. The maximum absolute atomic E-state index is 6.06. The molecule has 1 aromatic rings. The molecule has 1 aliphatic rings. The van der Waals surface area contributed by atoms with Crippen LogP contribution in [0.25, 0.3) is 0 Å². The molecule has 0 amide bonds. The molecule has 3 atom stereocenters. The third kappa shape index (κ3) is 4.21. The van der Waals surface area contributed by atoms with Crippen molar-refractivity contribution in [1.82, 2.24) is 4.90 Å². The summed E-state index contributed by atoms with van der Waals surface area (Å²) in [6.45, 7) is 4.07. The SMILES string of the molecule is CC1CCCC(C(CN)N(C)Cc2ccc(Cl)cc2)C1. The van der Waals surface area contributed by atoms with Gasteiger partial charge in [-0.15, -0.1) is 0 Å². The van der Waals surface area contributed by atoms with Crippen LogP contribution in [0.5, 0.6) is 0 Å². The first-order valence-corrected chi connectivity index (χ1v) is 8.12. The Hall–Kier alpha value is -0.570. The zero-order valence-electron chi connectivity index (χ0n) is 12.7. The quantitative estimate of drug-likeness (QED) is 0.892. The summed E-state index contributed by atoms with van der Waals surface area (Å²) in [5, 5.41) is 0.799. The van der Waals surface area contributed by atoms with Gasteiger partial charge in [0, 0.05) is 24.2 Å². The third-order valence-corrected chi connectivity index (χ3v) is 4.93. The average Bonchev–Trinajstić information content (AvgIpc) is 2.42. The molecular weight excluding hydrogens is 268 g/mol. The van der Waals surface area contributed by atoms with E-state index in [1.165, 1.54) is 31.2 Å². The molecule has 3 unspecified atom stereocenters. The van der Waals surface area contributed by atoms with E-state index in [1.807, 2.05) is 12.1 Å². The van der Waals surface area contributed by atoms with Gasteiger partial charge in [-0.2, -0.15) is 0 Å². The molecule has 1 aliphatic carbocycles. The molecule has 112 valence electrons. The first-order valence-electron chi connectivity index (χ1n) is 7.75. The second-order valence-electron chi connectivity index (χ2n) is 6.38. The minimum atomic E-state index is 0.494. The molecule has 1 fully saturated rings. The fourth-order valence-electron chi connectivity index (χ4n) is 3.56. The zero-order valence-corrected chi connectivity index (χ0v) is 13.4. The molecule has 0 bridgehead atoms. The highest BCUT2D eigenvalue weighted by Gasteiger charge is 2.28. The Kier molecular flexibility index (Phi) is 5.88. The van der Waals surface area contributed by atoms with E-state index in [1.54, 1.807) is 0 Å². The van der Waals surface area contributed by atoms with Crippen LogP contribution in [0.3, 0.4) is 0 Å². The summed E-state index contributed by atoms with van der Waals surface area (Å²) in [5.74, 6) is 1.60. The first-order chi connectivity index (χ1) is 9.60. The smallest absolute Gasteiger partial charge is 0.0406 e. The van der Waals surface area contributed by atoms with E-state index in [9.17, 15) is 0 Å². The molecule has 0 spiro atoms. The van der Waals surface area contributed by atoms with Crippen molar-refractivity contribution in [3.8, 4) is 0 Å². The van der Waals surface area contributed by atoms with Crippen molar-refractivity contribution in [1.29, 1.82) is 0 Å². The average molecular weight is 295 g/mol. The summed E-state index contributed by atoms with van der Waals surface area (Å²) in [4.78, 5) is 2.42. The standard InChI is InChI=1S/C17H27ClN2/c1-13-4-3-5-15(10-13)17(11-19)20(2)12-14-6-8-16(18)9-7-14/h6-9,13,15,17H,3-5,10-12,19H2,1-2H3. The highest BCUT2D eigenvalue weighted by molar-refractivity contribution is 6.30. The number of hydrogen-bond acceptors (Lipinski definition) is 2. The minimum absolute atomic E-state index is 0.494. The van der Waals surface area contributed by atoms with E-state index in [4.69, 9.17) is 17.3 Å². The van der Waals surface area contributed by atoms with Gasteiger partial charge in [-0.05, 0) is 49.4 Å². The van der Waals surface area contributed by atoms with Crippen molar-refractivity contribution >= 4 is 11.6 Å². The molecule has 0 heterocycles. The van der Waals surface area contributed by atoms with Crippen LogP contribution in [0.15, 0.2) is 24.3 Å². The van der Waals surface area contributed by atoms with Gasteiger partial charge in [-0.1, -0.05) is 43.5 Å². The Balaban J connectivity index is 1.97. The summed E-state index contributed by atoms with van der Waals surface area (Å²) in [7, 11) is 2.20. The molecule has 20 heavy (non-hydrogen) atoms. The molecule has 3 heteroatoms. The van der Waals surface area contributed by atoms with Crippen molar-refractivity contribution in [2.24, 2.45) is 17.6 Å². The fourth-order valence-corrected chi connectivity index (χ4v) is 3.68. The van der Waals surface area contributed by atoms with Crippen LogP contribution in [-0.2, 0) is 6.54 Å².